The van der Waals surface area contributed by atoms with Crippen LogP contribution in [0.3, 0.4) is 0 Å². The summed E-state index contributed by atoms with van der Waals surface area (Å²) in [7, 11) is 0. The van der Waals surface area contributed by atoms with E-state index in [9.17, 15) is 4.79 Å². The van der Waals surface area contributed by atoms with E-state index in [1.165, 1.54) is 6.92 Å². The molecule has 4 heteroatoms. The van der Waals surface area contributed by atoms with Crippen LogP contribution in [0.5, 0.6) is 0 Å². The number of aromatic nitrogens is 1. The molecule has 84 valence electrons. The van der Waals surface area contributed by atoms with Crippen LogP contribution >= 0.6 is 0 Å². The van der Waals surface area contributed by atoms with Crippen LogP contribution in [0.25, 0.3) is 0 Å². The lowest BCUT2D eigenvalue weighted by atomic mass is 9.88. The molecular formula is C12H14N2O2. The van der Waals surface area contributed by atoms with Gasteiger partial charge in [0.2, 0.25) is 0 Å². The van der Waals surface area contributed by atoms with E-state index in [0.717, 1.165) is 5.56 Å². The maximum absolute atomic E-state index is 11.7. The first-order valence-electron chi connectivity index (χ1n) is 5.06. The number of nitrogens with zero attached hydrogens (tertiary/aromatic N) is 2. The minimum atomic E-state index is -1.33. The van der Waals surface area contributed by atoms with E-state index in [2.05, 4.69) is 4.98 Å². The van der Waals surface area contributed by atoms with Crippen LogP contribution in [0.1, 0.15) is 25.1 Å². The highest BCUT2D eigenvalue weighted by Crippen LogP contribution is 2.22. The predicted octanol–water partition coefficient (Wildman–Crippen LogP) is 1.73. The summed E-state index contributed by atoms with van der Waals surface area (Å²) in [6, 6.07) is 5.45. The van der Waals surface area contributed by atoms with Crippen molar-refractivity contribution in [1.82, 2.24) is 4.98 Å². The van der Waals surface area contributed by atoms with Gasteiger partial charge in [-0.3, -0.25) is 4.98 Å². The molecule has 1 unspecified atom stereocenters. The van der Waals surface area contributed by atoms with E-state index >= 15 is 0 Å². The average Bonchev–Trinajstić information content (AvgIpc) is 2.29. The molecule has 0 saturated carbocycles. The van der Waals surface area contributed by atoms with E-state index in [-0.39, 0.29) is 6.61 Å². The zero-order chi connectivity index (χ0) is 12.2. The molecule has 1 aromatic rings. The van der Waals surface area contributed by atoms with E-state index < -0.39 is 11.4 Å². The molecule has 1 heterocycles. The standard InChI is InChI=1S/C12H14N2O2/c1-4-16-11(15)12(3,8-13)10-6-5-9(2)7-14-10/h5-7H,4H2,1-3H3. The number of rotatable bonds is 3. The Balaban J connectivity index is 3.10. The molecule has 0 N–H and O–H groups in total. The van der Waals surface area contributed by atoms with E-state index in [0.29, 0.717) is 5.69 Å². The van der Waals surface area contributed by atoms with E-state index in [1.807, 2.05) is 19.1 Å². The third-order valence-electron chi connectivity index (χ3n) is 2.33. The highest BCUT2D eigenvalue weighted by Gasteiger charge is 2.38. The quantitative estimate of drug-likeness (QED) is 0.725. The largest absolute Gasteiger partial charge is 0.465 e. The molecule has 0 aromatic carbocycles. The molecule has 16 heavy (non-hydrogen) atoms. The summed E-state index contributed by atoms with van der Waals surface area (Å²) in [5.41, 5.74) is 0.0657. The number of hydrogen-bond acceptors (Lipinski definition) is 4. The van der Waals surface area contributed by atoms with E-state index in [4.69, 9.17) is 10.00 Å². The number of esters is 1. The number of nitriles is 1. The molecule has 4 nitrogen and oxygen atoms in total. The molecule has 0 bridgehead atoms. The van der Waals surface area contributed by atoms with Crippen molar-refractivity contribution in [3.8, 4) is 6.07 Å². The van der Waals surface area contributed by atoms with Gasteiger partial charge in [-0.15, -0.1) is 0 Å². The second-order valence-electron chi connectivity index (χ2n) is 3.68. The minimum absolute atomic E-state index is 0.252. The van der Waals surface area contributed by atoms with Crippen molar-refractivity contribution >= 4 is 5.97 Å². The van der Waals surface area contributed by atoms with Crippen LogP contribution in [-0.4, -0.2) is 17.6 Å². The molecule has 0 aliphatic rings. The topological polar surface area (TPSA) is 63.0 Å². The first-order chi connectivity index (χ1) is 7.54. The SMILES string of the molecule is CCOC(=O)C(C)(C#N)c1ccc(C)cn1. The van der Waals surface area contributed by atoms with Gasteiger partial charge in [0.1, 0.15) is 0 Å². The molecule has 0 aliphatic heterocycles. The van der Waals surface area contributed by atoms with E-state index in [1.54, 1.807) is 19.2 Å². The van der Waals surface area contributed by atoms with Gasteiger partial charge in [0.05, 0.1) is 18.4 Å². The zero-order valence-electron chi connectivity index (χ0n) is 9.65. The summed E-state index contributed by atoms with van der Waals surface area (Å²) in [5.74, 6) is -0.561. The molecule has 0 spiro atoms. The maximum Gasteiger partial charge on any atom is 0.332 e. The van der Waals surface area contributed by atoms with Crippen molar-refractivity contribution in [2.75, 3.05) is 6.61 Å². The van der Waals surface area contributed by atoms with Crippen molar-refractivity contribution in [2.45, 2.75) is 26.2 Å². The van der Waals surface area contributed by atoms with Gasteiger partial charge in [0, 0.05) is 6.20 Å². The Morgan fingerprint density at radius 3 is 2.75 bits per heavy atom. The Bertz CT molecular complexity index is 420. The predicted molar refractivity (Wildman–Crippen MR) is 58.6 cm³/mol. The molecule has 0 saturated heterocycles. The Hall–Kier alpha value is -1.89. The number of carbonyl (C=O) groups excluding carboxylic acids is 1. The fourth-order valence-corrected chi connectivity index (χ4v) is 1.25. The van der Waals surface area contributed by atoms with Gasteiger partial charge in [-0.05, 0) is 32.4 Å². The zero-order valence-corrected chi connectivity index (χ0v) is 9.65. The van der Waals surface area contributed by atoms with Crippen LogP contribution < -0.4 is 0 Å². The van der Waals surface area contributed by atoms with Gasteiger partial charge in [-0.2, -0.15) is 5.26 Å². The molecule has 1 rings (SSSR count). The number of aryl methyl sites for hydroxylation is 1. The molecular weight excluding hydrogens is 204 g/mol. The van der Waals surface area contributed by atoms with Crippen molar-refractivity contribution in [3.63, 3.8) is 0 Å². The molecule has 0 aliphatic carbocycles. The fourth-order valence-electron chi connectivity index (χ4n) is 1.25. The summed E-state index contributed by atoms with van der Waals surface area (Å²) < 4.78 is 4.88. The van der Waals surface area contributed by atoms with Gasteiger partial charge >= 0.3 is 5.97 Å². The van der Waals surface area contributed by atoms with Crippen molar-refractivity contribution in [1.29, 1.82) is 5.26 Å². The lowest BCUT2D eigenvalue weighted by Crippen LogP contribution is -2.33. The summed E-state index contributed by atoms with van der Waals surface area (Å²) in [4.78, 5) is 15.8. The fraction of sp³-hybridized carbons (Fsp3) is 0.417. The maximum atomic E-state index is 11.7. The normalized spacial score (nSPS) is 13.6. The Kier molecular flexibility index (Phi) is 3.62. The minimum Gasteiger partial charge on any atom is -0.465 e. The number of pyridine rings is 1. The Morgan fingerprint density at radius 1 is 1.62 bits per heavy atom. The lowest BCUT2D eigenvalue weighted by Gasteiger charge is -2.18. The van der Waals surface area contributed by atoms with Crippen molar-refractivity contribution in [2.24, 2.45) is 0 Å². The Morgan fingerprint density at radius 2 is 2.31 bits per heavy atom. The molecule has 0 radical (unpaired) electrons. The van der Waals surface area contributed by atoms with Crippen LogP contribution in [0, 0.1) is 18.3 Å². The summed E-state index contributed by atoms with van der Waals surface area (Å²) in [5, 5.41) is 9.11. The van der Waals surface area contributed by atoms with Crippen LogP contribution in [0.4, 0.5) is 0 Å². The highest BCUT2D eigenvalue weighted by atomic mass is 16.5. The van der Waals surface area contributed by atoms with Gasteiger partial charge in [0.25, 0.3) is 0 Å². The Labute approximate surface area is 94.9 Å². The van der Waals surface area contributed by atoms with Gasteiger partial charge in [-0.25, -0.2) is 4.79 Å². The van der Waals surface area contributed by atoms with Gasteiger partial charge in [-0.1, -0.05) is 6.07 Å². The second kappa shape index (κ2) is 4.75. The first kappa shape index (κ1) is 12.2. The van der Waals surface area contributed by atoms with Crippen LogP contribution in [0.2, 0.25) is 0 Å². The molecule has 1 aromatic heterocycles. The van der Waals surface area contributed by atoms with Crippen LogP contribution in [0.15, 0.2) is 18.3 Å². The number of hydrogen-bond donors (Lipinski definition) is 0. The highest BCUT2D eigenvalue weighted by molar-refractivity contribution is 5.85. The summed E-state index contributed by atoms with van der Waals surface area (Å²) in [6.45, 7) is 5.37. The van der Waals surface area contributed by atoms with Crippen molar-refractivity contribution in [3.05, 3.63) is 29.6 Å². The first-order valence-corrected chi connectivity index (χ1v) is 5.06. The van der Waals surface area contributed by atoms with Gasteiger partial charge < -0.3 is 4.74 Å². The monoisotopic (exact) mass is 218 g/mol. The molecule has 0 amide bonds. The summed E-state index contributed by atoms with van der Waals surface area (Å²) in [6.07, 6.45) is 1.63. The summed E-state index contributed by atoms with van der Waals surface area (Å²) >= 11 is 0. The average molecular weight is 218 g/mol. The van der Waals surface area contributed by atoms with Crippen LogP contribution in [-0.2, 0) is 14.9 Å². The third kappa shape index (κ3) is 2.19. The molecule has 1 atom stereocenters. The second-order valence-corrected chi connectivity index (χ2v) is 3.68. The van der Waals surface area contributed by atoms with Crippen molar-refractivity contribution < 1.29 is 9.53 Å². The smallest absolute Gasteiger partial charge is 0.332 e. The van der Waals surface area contributed by atoms with Gasteiger partial charge in [0.15, 0.2) is 5.41 Å². The molecule has 0 fully saturated rings. The number of carbonyl (C=O) groups is 1. The number of ether oxygens (including phenoxy) is 1. The lowest BCUT2D eigenvalue weighted by molar-refractivity contribution is -0.147. The third-order valence-corrected chi connectivity index (χ3v) is 2.33.